The van der Waals surface area contributed by atoms with Crippen LogP contribution in [-0.2, 0) is 14.4 Å². The van der Waals surface area contributed by atoms with Crippen molar-refractivity contribution < 1.29 is 24.2 Å². The molecule has 3 N–H and O–H groups in total. The number of hydrazine groups is 1. The number of ether oxygens (including phenoxy) is 1. The molecule has 0 bridgehead atoms. The second-order valence-electron chi connectivity index (χ2n) is 6.10. The van der Waals surface area contributed by atoms with Crippen molar-refractivity contribution in [3.63, 3.8) is 0 Å². The average molecular weight is 413 g/mol. The molecule has 1 aliphatic rings. The Morgan fingerprint density at radius 1 is 1.20 bits per heavy atom. The number of rotatable bonds is 5. The summed E-state index contributed by atoms with van der Waals surface area (Å²) in [6.45, 7) is 1.67. The number of hydrogen-bond donors (Lipinski definition) is 3. The molecule has 1 fully saturated rings. The molecule has 7 nitrogen and oxygen atoms in total. The highest BCUT2D eigenvalue weighted by Gasteiger charge is 2.35. The fourth-order valence-electron chi connectivity index (χ4n) is 2.87. The summed E-state index contributed by atoms with van der Waals surface area (Å²) in [6.07, 6.45) is 2.59. The van der Waals surface area contributed by atoms with Gasteiger partial charge in [0.15, 0.2) is 6.61 Å². The predicted octanol–water partition coefficient (Wildman–Crippen LogP) is 2.17. The Bertz CT molecular complexity index is 664. The van der Waals surface area contributed by atoms with Gasteiger partial charge >= 0.3 is 5.97 Å². The number of hydrogen-bond acceptors (Lipinski definition) is 4. The van der Waals surface area contributed by atoms with Crippen LogP contribution in [0.2, 0.25) is 0 Å². The van der Waals surface area contributed by atoms with Gasteiger partial charge in [-0.3, -0.25) is 25.2 Å². The lowest BCUT2D eigenvalue weighted by atomic mass is 9.79. The van der Waals surface area contributed by atoms with Gasteiger partial charge in [-0.25, -0.2) is 0 Å². The van der Waals surface area contributed by atoms with Gasteiger partial charge < -0.3 is 9.84 Å². The first-order chi connectivity index (χ1) is 11.9. The summed E-state index contributed by atoms with van der Waals surface area (Å²) in [7, 11) is 0. The Morgan fingerprint density at radius 3 is 2.52 bits per heavy atom. The number of nitrogens with one attached hydrogen (secondary N) is 2. The Labute approximate surface area is 154 Å². The number of aliphatic carboxylic acids is 1. The van der Waals surface area contributed by atoms with Gasteiger partial charge in [-0.1, -0.05) is 18.9 Å². The molecule has 1 aromatic rings. The van der Waals surface area contributed by atoms with Crippen LogP contribution in [0.3, 0.4) is 0 Å². The van der Waals surface area contributed by atoms with Gasteiger partial charge in [0.25, 0.3) is 5.91 Å². The van der Waals surface area contributed by atoms with Gasteiger partial charge in [-0.2, -0.15) is 0 Å². The Hall–Kier alpha value is -2.09. The van der Waals surface area contributed by atoms with Crippen LogP contribution in [-0.4, -0.2) is 29.5 Å². The number of amides is 2. The molecule has 0 unspecified atom stereocenters. The number of carbonyl (C=O) groups excluding carboxylic acids is 2. The first-order valence-electron chi connectivity index (χ1n) is 8.09. The quantitative estimate of drug-likeness (QED) is 0.642. The van der Waals surface area contributed by atoms with Crippen molar-refractivity contribution in [2.24, 2.45) is 11.8 Å². The highest BCUT2D eigenvalue weighted by atomic mass is 79.9. The molecular formula is C17H21BrN2O5. The van der Waals surface area contributed by atoms with Crippen molar-refractivity contribution in [3.8, 4) is 5.75 Å². The summed E-state index contributed by atoms with van der Waals surface area (Å²) in [6, 6.07) is 5.46. The summed E-state index contributed by atoms with van der Waals surface area (Å²) < 4.78 is 6.12. The van der Waals surface area contributed by atoms with E-state index in [1.807, 2.05) is 19.1 Å². The van der Waals surface area contributed by atoms with E-state index in [4.69, 9.17) is 4.74 Å². The zero-order chi connectivity index (χ0) is 18.4. The smallest absolute Gasteiger partial charge is 0.307 e. The van der Waals surface area contributed by atoms with Crippen LogP contribution in [0.15, 0.2) is 22.7 Å². The summed E-state index contributed by atoms with van der Waals surface area (Å²) in [4.78, 5) is 35.2. The maximum Gasteiger partial charge on any atom is 0.307 e. The zero-order valence-corrected chi connectivity index (χ0v) is 15.5. The highest BCUT2D eigenvalue weighted by Crippen LogP contribution is 2.30. The summed E-state index contributed by atoms with van der Waals surface area (Å²) in [5.74, 6) is -2.78. The Balaban J connectivity index is 1.80. The van der Waals surface area contributed by atoms with E-state index in [0.717, 1.165) is 22.9 Å². The molecule has 0 radical (unpaired) electrons. The minimum absolute atomic E-state index is 0.269. The van der Waals surface area contributed by atoms with Crippen molar-refractivity contribution in [3.05, 3.63) is 28.2 Å². The molecule has 2 amide bonds. The van der Waals surface area contributed by atoms with Crippen LogP contribution in [0.1, 0.15) is 31.2 Å². The average Bonchev–Trinajstić information content (AvgIpc) is 2.58. The molecule has 0 aliphatic heterocycles. The molecule has 1 aromatic carbocycles. The second kappa shape index (κ2) is 8.84. The topological polar surface area (TPSA) is 105 Å². The van der Waals surface area contributed by atoms with Crippen molar-refractivity contribution in [1.29, 1.82) is 0 Å². The highest BCUT2D eigenvalue weighted by molar-refractivity contribution is 9.10. The predicted molar refractivity (Wildman–Crippen MR) is 93.7 cm³/mol. The molecule has 136 valence electrons. The van der Waals surface area contributed by atoms with Crippen LogP contribution in [0.4, 0.5) is 0 Å². The molecule has 1 saturated carbocycles. The van der Waals surface area contributed by atoms with Gasteiger partial charge in [0.2, 0.25) is 5.91 Å². The van der Waals surface area contributed by atoms with Gasteiger partial charge in [0.1, 0.15) is 5.75 Å². The second-order valence-corrected chi connectivity index (χ2v) is 6.95. The Kier molecular flexibility index (Phi) is 6.81. The largest absolute Gasteiger partial charge is 0.483 e. The number of carboxylic acids is 1. The van der Waals surface area contributed by atoms with Crippen LogP contribution in [0, 0.1) is 18.8 Å². The van der Waals surface area contributed by atoms with Gasteiger partial charge in [0, 0.05) is 0 Å². The molecule has 2 atom stereocenters. The standard InChI is InChI=1S/C17H21BrN2O5/c1-10-6-7-14(13(18)8-10)25-9-15(21)19-20-16(22)11-4-2-3-5-12(11)17(23)24/h6-8,11-12H,2-5,9H2,1H3,(H,19,21)(H,20,22)(H,23,24)/t11-,12+/m0/s1. The first-order valence-corrected chi connectivity index (χ1v) is 8.88. The SMILES string of the molecule is Cc1ccc(OCC(=O)NNC(=O)[C@H]2CCCC[C@H]2C(=O)O)c(Br)c1. The van der Waals surface area contributed by atoms with Crippen LogP contribution in [0.25, 0.3) is 0 Å². The Morgan fingerprint density at radius 2 is 1.88 bits per heavy atom. The summed E-state index contributed by atoms with van der Waals surface area (Å²) in [5.41, 5.74) is 5.62. The number of aryl methyl sites for hydroxylation is 1. The molecule has 0 heterocycles. The molecule has 8 heteroatoms. The third kappa shape index (κ3) is 5.45. The van der Waals surface area contributed by atoms with E-state index in [1.54, 1.807) is 6.07 Å². The number of benzene rings is 1. The molecule has 0 saturated heterocycles. The van der Waals surface area contributed by atoms with E-state index in [1.165, 1.54) is 0 Å². The van der Waals surface area contributed by atoms with E-state index < -0.39 is 29.6 Å². The minimum Gasteiger partial charge on any atom is -0.483 e. The minimum atomic E-state index is -0.973. The van der Waals surface area contributed by atoms with Gasteiger partial charge in [-0.15, -0.1) is 0 Å². The fraction of sp³-hybridized carbons (Fsp3) is 0.471. The molecule has 1 aliphatic carbocycles. The van der Waals surface area contributed by atoms with Crippen molar-refractivity contribution in [2.45, 2.75) is 32.6 Å². The molecule has 2 rings (SSSR count). The zero-order valence-electron chi connectivity index (χ0n) is 13.9. The van der Waals surface area contributed by atoms with Crippen LogP contribution in [0.5, 0.6) is 5.75 Å². The van der Waals surface area contributed by atoms with Crippen molar-refractivity contribution in [2.75, 3.05) is 6.61 Å². The third-order valence-corrected chi connectivity index (χ3v) is 4.81. The maximum absolute atomic E-state index is 12.1. The van der Waals surface area contributed by atoms with Crippen LogP contribution < -0.4 is 15.6 Å². The monoisotopic (exact) mass is 412 g/mol. The van der Waals surface area contributed by atoms with E-state index in [2.05, 4.69) is 26.8 Å². The molecule has 0 spiro atoms. The lowest BCUT2D eigenvalue weighted by molar-refractivity contribution is -0.149. The third-order valence-electron chi connectivity index (χ3n) is 4.19. The normalized spacial score (nSPS) is 19.8. The molecule has 25 heavy (non-hydrogen) atoms. The van der Waals surface area contributed by atoms with E-state index in [0.29, 0.717) is 18.6 Å². The number of carboxylic acid groups (broad SMARTS) is 1. The lowest BCUT2D eigenvalue weighted by Gasteiger charge is -2.27. The van der Waals surface area contributed by atoms with E-state index in [-0.39, 0.29) is 6.61 Å². The van der Waals surface area contributed by atoms with Gasteiger partial charge in [0.05, 0.1) is 16.3 Å². The van der Waals surface area contributed by atoms with Gasteiger partial charge in [-0.05, 0) is 53.4 Å². The fourth-order valence-corrected chi connectivity index (χ4v) is 3.47. The molecular weight excluding hydrogens is 392 g/mol. The maximum atomic E-state index is 12.1. The summed E-state index contributed by atoms with van der Waals surface area (Å²) in [5, 5.41) is 9.20. The number of carbonyl (C=O) groups is 3. The van der Waals surface area contributed by atoms with Crippen molar-refractivity contribution in [1.82, 2.24) is 10.9 Å². The molecule has 0 aromatic heterocycles. The first kappa shape index (κ1) is 19.2. The lowest BCUT2D eigenvalue weighted by Crippen LogP contribution is -2.49. The van der Waals surface area contributed by atoms with Crippen LogP contribution >= 0.6 is 15.9 Å². The number of halogens is 1. The van der Waals surface area contributed by atoms with E-state index in [9.17, 15) is 19.5 Å². The van der Waals surface area contributed by atoms with Crippen molar-refractivity contribution >= 4 is 33.7 Å². The van der Waals surface area contributed by atoms with E-state index >= 15 is 0 Å². The summed E-state index contributed by atoms with van der Waals surface area (Å²) >= 11 is 3.35.